The molecule has 25 heavy (non-hydrogen) atoms. The molecular weight excluding hydrogens is 344 g/mol. The van der Waals surface area contributed by atoms with Crippen molar-refractivity contribution in [3.63, 3.8) is 0 Å². The van der Waals surface area contributed by atoms with E-state index in [0.29, 0.717) is 6.42 Å². The summed E-state index contributed by atoms with van der Waals surface area (Å²) in [7, 11) is -3.28. The lowest BCUT2D eigenvalue weighted by atomic mass is 10.0. The zero-order valence-corrected chi connectivity index (χ0v) is 14.6. The molecule has 0 aromatic heterocycles. The van der Waals surface area contributed by atoms with E-state index >= 15 is 0 Å². The molecule has 2 aromatic rings. The molecule has 0 aliphatic carbocycles. The summed E-state index contributed by atoms with van der Waals surface area (Å²) in [5, 5.41) is 13.6. The van der Waals surface area contributed by atoms with Crippen LogP contribution in [0.4, 0.5) is 5.69 Å². The van der Waals surface area contributed by atoms with Crippen molar-refractivity contribution in [1.29, 1.82) is 0 Å². The van der Waals surface area contributed by atoms with E-state index in [1.807, 2.05) is 6.92 Å². The minimum Gasteiger partial charge on any atom is -0.345 e. The van der Waals surface area contributed by atoms with Crippen LogP contribution in [0.3, 0.4) is 0 Å². The number of benzene rings is 2. The Morgan fingerprint density at radius 3 is 2.36 bits per heavy atom. The predicted molar refractivity (Wildman–Crippen MR) is 93.1 cm³/mol. The van der Waals surface area contributed by atoms with Crippen molar-refractivity contribution in [1.82, 2.24) is 5.32 Å². The number of nitrogens with one attached hydrogen (secondary N) is 1. The Labute approximate surface area is 145 Å². The molecule has 2 rings (SSSR count). The van der Waals surface area contributed by atoms with Gasteiger partial charge in [0.2, 0.25) is 0 Å². The van der Waals surface area contributed by atoms with Crippen molar-refractivity contribution in [2.45, 2.75) is 24.3 Å². The van der Waals surface area contributed by atoms with Crippen molar-refractivity contribution in [3.05, 3.63) is 69.8 Å². The number of hydrogen-bond donors (Lipinski definition) is 1. The van der Waals surface area contributed by atoms with Crippen molar-refractivity contribution in [3.8, 4) is 0 Å². The first-order valence-corrected chi connectivity index (χ1v) is 9.47. The third-order valence-corrected chi connectivity index (χ3v) is 4.87. The molecule has 132 valence electrons. The average Bonchev–Trinajstić information content (AvgIpc) is 2.59. The zero-order chi connectivity index (χ0) is 18.6. The minimum absolute atomic E-state index is 0.154. The number of amides is 1. The summed E-state index contributed by atoms with van der Waals surface area (Å²) in [5.41, 5.74) is 0.798. The summed E-state index contributed by atoms with van der Waals surface area (Å²) in [5.74, 6) is -0.428. The van der Waals surface area contributed by atoms with Crippen LogP contribution < -0.4 is 5.32 Å². The number of sulfone groups is 1. The standard InChI is InChI=1S/C17H18N2O5S/c1-3-16(12-7-9-15(10-8-12)25(2,23)24)18-17(20)13-5-4-6-14(11-13)19(21)22/h4-11,16H,3H2,1-2H3,(H,18,20)/t16-/m0/s1. The van der Waals surface area contributed by atoms with E-state index in [9.17, 15) is 23.3 Å². The normalized spacial score (nSPS) is 12.4. The quantitative estimate of drug-likeness (QED) is 0.628. The lowest BCUT2D eigenvalue weighted by Crippen LogP contribution is -2.28. The predicted octanol–water partition coefficient (Wildman–Crippen LogP) is 2.88. The SMILES string of the molecule is CC[C@H](NC(=O)c1cccc([N+](=O)[O-])c1)c1ccc(S(C)(=O)=O)cc1. The van der Waals surface area contributed by atoms with Crippen LogP contribution in [-0.4, -0.2) is 25.5 Å². The van der Waals surface area contributed by atoms with Gasteiger partial charge in [0.1, 0.15) is 0 Å². The molecule has 0 aliphatic heterocycles. The van der Waals surface area contributed by atoms with Gasteiger partial charge in [-0.25, -0.2) is 8.42 Å². The summed E-state index contributed by atoms with van der Waals surface area (Å²) in [6, 6.07) is 11.4. The number of nitro benzene ring substituents is 1. The van der Waals surface area contributed by atoms with E-state index in [2.05, 4.69) is 5.32 Å². The van der Waals surface area contributed by atoms with Gasteiger partial charge >= 0.3 is 0 Å². The molecule has 7 nitrogen and oxygen atoms in total. The molecule has 0 bridgehead atoms. The first-order valence-electron chi connectivity index (χ1n) is 7.57. The third kappa shape index (κ3) is 4.63. The lowest BCUT2D eigenvalue weighted by Gasteiger charge is -2.18. The maximum atomic E-state index is 12.4. The van der Waals surface area contributed by atoms with Gasteiger partial charge in [-0.3, -0.25) is 14.9 Å². The van der Waals surface area contributed by atoms with Gasteiger partial charge in [0.25, 0.3) is 11.6 Å². The maximum Gasteiger partial charge on any atom is 0.270 e. The Morgan fingerprint density at radius 1 is 1.20 bits per heavy atom. The molecule has 0 unspecified atom stereocenters. The van der Waals surface area contributed by atoms with Crippen LogP contribution >= 0.6 is 0 Å². The Bertz CT molecular complexity index is 892. The van der Waals surface area contributed by atoms with Crippen LogP contribution in [0.25, 0.3) is 0 Å². The molecule has 1 N–H and O–H groups in total. The molecular formula is C17H18N2O5S. The molecule has 0 radical (unpaired) electrons. The first kappa shape index (κ1) is 18.6. The second-order valence-corrected chi connectivity index (χ2v) is 7.60. The van der Waals surface area contributed by atoms with E-state index in [1.165, 1.54) is 36.4 Å². The van der Waals surface area contributed by atoms with Gasteiger partial charge in [0.15, 0.2) is 9.84 Å². The second kappa shape index (κ2) is 7.43. The second-order valence-electron chi connectivity index (χ2n) is 5.58. The highest BCUT2D eigenvalue weighted by molar-refractivity contribution is 7.90. The van der Waals surface area contributed by atoms with E-state index < -0.39 is 20.7 Å². The van der Waals surface area contributed by atoms with Crippen molar-refractivity contribution >= 4 is 21.4 Å². The fourth-order valence-electron chi connectivity index (χ4n) is 2.37. The summed E-state index contributed by atoms with van der Waals surface area (Å²) in [6.45, 7) is 1.88. The molecule has 2 aromatic carbocycles. The molecule has 8 heteroatoms. The highest BCUT2D eigenvalue weighted by Crippen LogP contribution is 2.20. The minimum atomic E-state index is -3.28. The van der Waals surface area contributed by atoms with Crippen molar-refractivity contribution < 1.29 is 18.1 Å². The van der Waals surface area contributed by atoms with Crippen LogP contribution in [0, 0.1) is 10.1 Å². The smallest absolute Gasteiger partial charge is 0.270 e. The molecule has 0 aliphatic rings. The highest BCUT2D eigenvalue weighted by atomic mass is 32.2. The Hall–Kier alpha value is -2.74. The van der Waals surface area contributed by atoms with Crippen LogP contribution in [-0.2, 0) is 9.84 Å². The number of rotatable bonds is 6. The summed E-state index contributed by atoms with van der Waals surface area (Å²) in [4.78, 5) is 22.8. The van der Waals surface area contributed by atoms with Crippen LogP contribution in [0.2, 0.25) is 0 Å². The molecule has 0 saturated heterocycles. The summed E-state index contributed by atoms with van der Waals surface area (Å²) in [6.07, 6.45) is 1.71. The van der Waals surface area contributed by atoms with Gasteiger partial charge in [0.05, 0.1) is 15.9 Å². The Kier molecular flexibility index (Phi) is 5.53. The molecule has 1 atom stereocenters. The first-order chi connectivity index (χ1) is 11.7. The Morgan fingerprint density at radius 2 is 1.84 bits per heavy atom. The fourth-order valence-corrected chi connectivity index (χ4v) is 3.00. The number of carbonyl (C=O) groups is 1. The van der Waals surface area contributed by atoms with Crippen molar-refractivity contribution in [2.24, 2.45) is 0 Å². The van der Waals surface area contributed by atoms with Gasteiger partial charge < -0.3 is 5.32 Å². The maximum absolute atomic E-state index is 12.4. The highest BCUT2D eigenvalue weighted by Gasteiger charge is 2.17. The van der Waals surface area contributed by atoms with E-state index in [-0.39, 0.29) is 22.2 Å². The van der Waals surface area contributed by atoms with Gasteiger partial charge in [0, 0.05) is 24.0 Å². The van der Waals surface area contributed by atoms with Gasteiger partial charge in [-0.2, -0.15) is 0 Å². The van der Waals surface area contributed by atoms with E-state index in [1.54, 1.807) is 12.1 Å². The monoisotopic (exact) mass is 362 g/mol. The van der Waals surface area contributed by atoms with Crippen LogP contribution in [0.1, 0.15) is 35.3 Å². The lowest BCUT2D eigenvalue weighted by molar-refractivity contribution is -0.384. The molecule has 0 saturated carbocycles. The molecule has 1 amide bonds. The number of carbonyl (C=O) groups excluding carboxylic acids is 1. The zero-order valence-electron chi connectivity index (χ0n) is 13.8. The van der Waals surface area contributed by atoms with Crippen LogP contribution in [0.15, 0.2) is 53.4 Å². The summed E-state index contributed by atoms with van der Waals surface area (Å²) >= 11 is 0. The number of hydrogen-bond acceptors (Lipinski definition) is 5. The topological polar surface area (TPSA) is 106 Å². The molecule has 0 heterocycles. The van der Waals surface area contributed by atoms with E-state index in [4.69, 9.17) is 0 Å². The van der Waals surface area contributed by atoms with Crippen molar-refractivity contribution in [2.75, 3.05) is 6.26 Å². The fraction of sp³-hybridized carbons (Fsp3) is 0.235. The van der Waals surface area contributed by atoms with Crippen LogP contribution in [0.5, 0.6) is 0 Å². The third-order valence-electron chi connectivity index (χ3n) is 3.74. The van der Waals surface area contributed by atoms with Gasteiger partial charge in [-0.15, -0.1) is 0 Å². The number of nitrogens with zero attached hydrogens (tertiary/aromatic N) is 1. The van der Waals surface area contributed by atoms with Gasteiger partial charge in [-0.05, 0) is 30.2 Å². The number of nitro groups is 1. The molecule has 0 fully saturated rings. The average molecular weight is 362 g/mol. The van der Waals surface area contributed by atoms with E-state index in [0.717, 1.165) is 11.8 Å². The van der Waals surface area contributed by atoms with Gasteiger partial charge in [-0.1, -0.05) is 25.1 Å². The Balaban J connectivity index is 2.20. The summed E-state index contributed by atoms with van der Waals surface area (Å²) < 4.78 is 23.0. The number of non-ortho nitro benzene ring substituents is 1. The molecule has 0 spiro atoms. The largest absolute Gasteiger partial charge is 0.345 e.